The second-order valence-corrected chi connectivity index (χ2v) is 6.26. The van der Waals surface area contributed by atoms with Crippen LogP contribution in [0, 0.1) is 25.6 Å². The molecule has 0 amide bonds. The molecule has 1 aromatic carbocycles. The highest BCUT2D eigenvalue weighted by Crippen LogP contribution is 2.57. The topological polar surface area (TPSA) is 55.2 Å². The number of hydrogen-bond acceptors (Lipinski definition) is 4. The van der Waals surface area contributed by atoms with Crippen LogP contribution in [0.2, 0.25) is 0 Å². The van der Waals surface area contributed by atoms with E-state index in [1.807, 2.05) is 26.8 Å². The van der Waals surface area contributed by atoms with Crippen molar-refractivity contribution in [2.45, 2.75) is 38.7 Å². The second-order valence-electron chi connectivity index (χ2n) is 6.26. The van der Waals surface area contributed by atoms with Crippen LogP contribution < -0.4 is 4.74 Å². The smallest absolute Gasteiger partial charge is 0.159 e. The van der Waals surface area contributed by atoms with Gasteiger partial charge in [-0.25, -0.2) is 14.4 Å². The summed E-state index contributed by atoms with van der Waals surface area (Å²) in [5.41, 5.74) is 1.28. The summed E-state index contributed by atoms with van der Waals surface area (Å²) < 4.78 is 19.7. The maximum absolute atomic E-state index is 13.6. The number of benzene rings is 1. The van der Waals surface area contributed by atoms with Gasteiger partial charge in [-0.2, -0.15) is 0 Å². The van der Waals surface area contributed by atoms with Crippen molar-refractivity contribution in [1.29, 1.82) is 0 Å². The number of rotatable bonds is 5. The summed E-state index contributed by atoms with van der Waals surface area (Å²) in [5, 5.41) is 9.60. The number of aliphatic hydroxyl groups is 1. The van der Waals surface area contributed by atoms with E-state index in [1.54, 1.807) is 12.3 Å². The molecular formula is C18H21FN2O2. The second kappa shape index (κ2) is 5.89. The molecule has 0 saturated heterocycles. The minimum atomic E-state index is -0.367. The molecular weight excluding hydrogens is 295 g/mol. The first kappa shape index (κ1) is 15.9. The van der Waals surface area contributed by atoms with E-state index in [2.05, 4.69) is 9.97 Å². The van der Waals surface area contributed by atoms with Crippen molar-refractivity contribution >= 4 is 0 Å². The summed E-state index contributed by atoms with van der Waals surface area (Å²) in [4.78, 5) is 8.49. The van der Waals surface area contributed by atoms with Crippen molar-refractivity contribution in [3.63, 3.8) is 0 Å². The van der Waals surface area contributed by atoms with Crippen molar-refractivity contribution in [1.82, 2.24) is 9.97 Å². The fraction of sp³-hybridized carbons (Fsp3) is 0.444. The first-order valence-corrected chi connectivity index (χ1v) is 7.81. The van der Waals surface area contributed by atoms with Crippen molar-refractivity contribution in [2.75, 3.05) is 6.61 Å². The van der Waals surface area contributed by atoms with Crippen LogP contribution in [0.25, 0.3) is 0 Å². The molecule has 3 rings (SSSR count). The fourth-order valence-electron chi connectivity index (χ4n) is 3.42. The van der Waals surface area contributed by atoms with Crippen LogP contribution in [-0.4, -0.2) is 27.8 Å². The Morgan fingerprint density at radius 1 is 1.43 bits per heavy atom. The fourth-order valence-corrected chi connectivity index (χ4v) is 3.42. The maximum atomic E-state index is 13.6. The van der Waals surface area contributed by atoms with Gasteiger partial charge in [0.15, 0.2) is 5.75 Å². The highest BCUT2D eigenvalue weighted by atomic mass is 19.1. The van der Waals surface area contributed by atoms with Gasteiger partial charge in [-0.15, -0.1) is 0 Å². The van der Waals surface area contributed by atoms with E-state index in [0.717, 1.165) is 17.7 Å². The summed E-state index contributed by atoms with van der Waals surface area (Å²) >= 11 is 0. The van der Waals surface area contributed by atoms with Gasteiger partial charge in [0.2, 0.25) is 0 Å². The predicted molar refractivity (Wildman–Crippen MR) is 84.9 cm³/mol. The van der Waals surface area contributed by atoms with Crippen LogP contribution in [0.4, 0.5) is 4.39 Å². The number of aliphatic hydroxyl groups excluding tert-OH is 1. The molecule has 23 heavy (non-hydrogen) atoms. The third kappa shape index (κ3) is 2.81. The number of hydrogen-bond donors (Lipinski definition) is 1. The van der Waals surface area contributed by atoms with Crippen molar-refractivity contribution in [3.8, 4) is 5.75 Å². The standard InChI is InChI=1S/C18H21FN2O2/c1-11-17(9-20-13(3)21-11)23-12(2)18(8-15(18)10-22)14-5-4-6-16(19)7-14/h4-7,9,12,15,22H,8,10H2,1-3H3/t12?,15-,18+/m0/s1. The Labute approximate surface area is 135 Å². The van der Waals surface area contributed by atoms with Gasteiger partial charge in [-0.05, 0) is 50.8 Å². The van der Waals surface area contributed by atoms with E-state index < -0.39 is 0 Å². The summed E-state index contributed by atoms with van der Waals surface area (Å²) in [6.07, 6.45) is 2.23. The summed E-state index contributed by atoms with van der Waals surface area (Å²) in [6, 6.07) is 6.56. The van der Waals surface area contributed by atoms with Gasteiger partial charge >= 0.3 is 0 Å². The third-order valence-corrected chi connectivity index (χ3v) is 4.82. The van der Waals surface area contributed by atoms with Crippen molar-refractivity contribution in [3.05, 3.63) is 53.4 Å². The number of halogens is 1. The Hall–Kier alpha value is -2.01. The van der Waals surface area contributed by atoms with Crippen LogP contribution in [0.5, 0.6) is 5.75 Å². The van der Waals surface area contributed by atoms with Crippen LogP contribution in [0.15, 0.2) is 30.5 Å². The lowest BCUT2D eigenvalue weighted by atomic mass is 9.88. The predicted octanol–water partition coefficient (Wildman–Crippen LogP) is 2.95. The lowest BCUT2D eigenvalue weighted by Crippen LogP contribution is -2.32. The van der Waals surface area contributed by atoms with Crippen molar-refractivity contribution < 1.29 is 14.2 Å². The molecule has 1 fully saturated rings. The molecule has 1 aromatic heterocycles. The van der Waals surface area contributed by atoms with Crippen LogP contribution in [0.1, 0.15) is 30.4 Å². The molecule has 4 nitrogen and oxygen atoms in total. The van der Waals surface area contributed by atoms with E-state index in [4.69, 9.17) is 4.74 Å². The zero-order valence-corrected chi connectivity index (χ0v) is 13.6. The van der Waals surface area contributed by atoms with E-state index >= 15 is 0 Å². The minimum absolute atomic E-state index is 0.0631. The third-order valence-electron chi connectivity index (χ3n) is 4.82. The molecule has 1 aliphatic carbocycles. The summed E-state index contributed by atoms with van der Waals surface area (Å²) in [5.74, 6) is 1.13. The lowest BCUT2D eigenvalue weighted by Gasteiger charge is -2.27. The first-order valence-electron chi connectivity index (χ1n) is 7.81. The van der Waals surface area contributed by atoms with Crippen LogP contribution >= 0.6 is 0 Å². The minimum Gasteiger partial charge on any atom is -0.486 e. The highest BCUT2D eigenvalue weighted by Gasteiger charge is 2.59. The van der Waals surface area contributed by atoms with E-state index in [0.29, 0.717) is 11.6 Å². The average molecular weight is 316 g/mol. The molecule has 0 aliphatic heterocycles. The van der Waals surface area contributed by atoms with Gasteiger partial charge in [-0.1, -0.05) is 12.1 Å². The Morgan fingerprint density at radius 3 is 2.83 bits per heavy atom. The normalized spacial score (nSPS) is 24.3. The molecule has 0 radical (unpaired) electrons. The molecule has 122 valence electrons. The number of nitrogens with zero attached hydrogens (tertiary/aromatic N) is 2. The van der Waals surface area contributed by atoms with E-state index in [-0.39, 0.29) is 29.9 Å². The van der Waals surface area contributed by atoms with Gasteiger partial charge in [0.1, 0.15) is 17.7 Å². The molecule has 1 aliphatic rings. The summed E-state index contributed by atoms with van der Waals surface area (Å²) in [7, 11) is 0. The SMILES string of the molecule is Cc1ncc(OC(C)[C@@]2(c3cccc(F)c3)C[C@H]2CO)c(C)n1. The molecule has 1 heterocycles. The Balaban J connectivity index is 1.90. The Morgan fingerprint density at radius 2 is 2.22 bits per heavy atom. The molecule has 1 unspecified atom stereocenters. The van der Waals surface area contributed by atoms with Crippen LogP contribution in [0.3, 0.4) is 0 Å². The van der Waals surface area contributed by atoms with Gasteiger partial charge in [0.25, 0.3) is 0 Å². The molecule has 0 bridgehead atoms. The zero-order valence-electron chi connectivity index (χ0n) is 13.6. The summed E-state index contributed by atoms with van der Waals surface area (Å²) in [6.45, 7) is 5.73. The highest BCUT2D eigenvalue weighted by molar-refractivity contribution is 5.37. The van der Waals surface area contributed by atoms with Gasteiger partial charge in [-0.3, -0.25) is 0 Å². The number of ether oxygens (including phenoxy) is 1. The molecule has 2 aromatic rings. The quantitative estimate of drug-likeness (QED) is 0.921. The van der Waals surface area contributed by atoms with Crippen molar-refractivity contribution in [2.24, 2.45) is 5.92 Å². The Bertz CT molecular complexity index is 722. The van der Waals surface area contributed by atoms with Gasteiger partial charge in [0, 0.05) is 12.0 Å². The zero-order chi connectivity index (χ0) is 16.6. The molecule has 0 spiro atoms. The number of aryl methyl sites for hydroxylation is 2. The molecule has 1 saturated carbocycles. The molecule has 1 N–H and O–H groups in total. The number of aromatic nitrogens is 2. The van der Waals surface area contributed by atoms with E-state index in [1.165, 1.54) is 12.1 Å². The maximum Gasteiger partial charge on any atom is 0.159 e. The van der Waals surface area contributed by atoms with Gasteiger partial charge in [0.05, 0.1) is 11.9 Å². The van der Waals surface area contributed by atoms with Crippen LogP contribution in [-0.2, 0) is 5.41 Å². The molecule has 5 heteroatoms. The molecule has 3 atom stereocenters. The lowest BCUT2D eigenvalue weighted by molar-refractivity contribution is 0.152. The average Bonchev–Trinajstić information content (AvgIpc) is 3.26. The van der Waals surface area contributed by atoms with Gasteiger partial charge < -0.3 is 9.84 Å². The Kier molecular flexibility index (Phi) is 4.06. The first-order chi connectivity index (χ1) is 11.0. The van der Waals surface area contributed by atoms with E-state index in [9.17, 15) is 9.50 Å². The largest absolute Gasteiger partial charge is 0.486 e. The monoisotopic (exact) mass is 316 g/mol.